The highest BCUT2D eigenvalue weighted by Gasteiger charge is 2.17. The molecule has 1 atom stereocenters. The Labute approximate surface area is 47.7 Å². The van der Waals surface area contributed by atoms with E-state index in [1.54, 1.807) is 0 Å². The zero-order valence-corrected chi connectivity index (χ0v) is 5.40. The lowest BCUT2D eigenvalue weighted by Crippen LogP contribution is -2.13. The number of ether oxygens (including phenoxy) is 1. The monoisotopic (exact) mass is 142 g/mol. The summed E-state index contributed by atoms with van der Waals surface area (Å²) in [4.78, 5) is 0. The van der Waals surface area contributed by atoms with E-state index in [4.69, 9.17) is 0 Å². The van der Waals surface area contributed by atoms with Gasteiger partial charge in [-0.2, -0.15) is 8.42 Å². The Morgan fingerprint density at radius 2 is 2.00 bits per heavy atom. The number of methoxy groups -OCH3 is 1. The predicted octanol–water partition coefficient (Wildman–Crippen LogP) is 0.278. The van der Waals surface area contributed by atoms with E-state index in [2.05, 4.69) is 4.74 Å². The van der Waals surface area contributed by atoms with Crippen LogP contribution in [0, 0.1) is 0 Å². The van der Waals surface area contributed by atoms with Crippen LogP contribution in [0.3, 0.4) is 0 Å². The topological polar surface area (TPSA) is 43.4 Å². The smallest absolute Gasteiger partial charge is 0.329 e. The van der Waals surface area contributed by atoms with Gasteiger partial charge in [0.2, 0.25) is 0 Å². The first kappa shape index (κ1) is 7.84. The van der Waals surface area contributed by atoms with Crippen molar-refractivity contribution in [2.45, 2.75) is 12.4 Å². The molecule has 3 nitrogen and oxygen atoms in total. The molecular weight excluding hydrogens is 135 g/mol. The quantitative estimate of drug-likeness (QED) is 0.520. The first-order valence-corrected chi connectivity index (χ1v) is 3.39. The molecule has 0 rings (SSSR count). The Balaban J connectivity index is 4.04. The van der Waals surface area contributed by atoms with Crippen molar-refractivity contribution in [1.29, 1.82) is 0 Å². The largest absolute Gasteiger partial charge is 0.363 e. The summed E-state index contributed by atoms with van der Waals surface area (Å²) in [6.45, 7) is 1.12. The van der Waals surface area contributed by atoms with E-state index in [-0.39, 0.29) is 0 Å². The summed E-state index contributed by atoms with van der Waals surface area (Å²) in [7, 11) is -3.35. The van der Waals surface area contributed by atoms with Gasteiger partial charge in [0.1, 0.15) is 0 Å². The summed E-state index contributed by atoms with van der Waals surface area (Å²) >= 11 is 0. The molecule has 0 aliphatic heterocycles. The van der Waals surface area contributed by atoms with Gasteiger partial charge in [-0.25, -0.2) is 0 Å². The fourth-order valence-corrected chi connectivity index (χ4v) is 0.345. The van der Waals surface area contributed by atoms with E-state index in [0.717, 1.165) is 14.0 Å². The molecule has 0 aromatic rings. The maximum absolute atomic E-state index is 11.6. The maximum atomic E-state index is 11.6. The molecule has 0 amide bonds. The van der Waals surface area contributed by atoms with Crippen LogP contribution >= 0.6 is 0 Å². The maximum Gasteiger partial charge on any atom is 0.329 e. The lowest BCUT2D eigenvalue weighted by atomic mass is 10.9. The van der Waals surface area contributed by atoms with E-state index in [1.807, 2.05) is 0 Å². The standard InChI is InChI=1S/C3H7FO3S/c1-3(7-2)8(4,5)6/h3H,1-2H3. The molecule has 0 heterocycles. The molecule has 0 aliphatic rings. The van der Waals surface area contributed by atoms with Crippen LogP contribution in [0.5, 0.6) is 0 Å². The lowest BCUT2D eigenvalue weighted by Gasteiger charge is -2.00. The van der Waals surface area contributed by atoms with Crippen molar-refractivity contribution in [3.63, 3.8) is 0 Å². The molecule has 0 aromatic heterocycles. The number of halogens is 1. The molecule has 8 heavy (non-hydrogen) atoms. The average molecular weight is 142 g/mol. The minimum absolute atomic E-state index is 1.12. The summed E-state index contributed by atoms with van der Waals surface area (Å²) in [6.07, 6.45) is 0. The molecule has 0 saturated heterocycles. The number of hydrogen-bond donors (Lipinski definition) is 0. The van der Waals surface area contributed by atoms with Crippen LogP contribution in [0.1, 0.15) is 6.92 Å². The predicted molar refractivity (Wildman–Crippen MR) is 26.5 cm³/mol. The van der Waals surface area contributed by atoms with Gasteiger partial charge in [0.25, 0.3) is 0 Å². The Bertz CT molecular complexity index is 150. The minimum Gasteiger partial charge on any atom is -0.363 e. The Kier molecular flexibility index (Phi) is 2.36. The number of rotatable bonds is 2. The van der Waals surface area contributed by atoms with Crippen molar-refractivity contribution >= 4 is 10.2 Å². The molecule has 5 heteroatoms. The van der Waals surface area contributed by atoms with Gasteiger partial charge < -0.3 is 4.74 Å². The van der Waals surface area contributed by atoms with E-state index >= 15 is 0 Å². The molecule has 0 fully saturated rings. The summed E-state index contributed by atoms with van der Waals surface area (Å²) < 4.78 is 35.3. The van der Waals surface area contributed by atoms with Crippen LogP contribution in [0.15, 0.2) is 0 Å². The van der Waals surface area contributed by atoms with E-state index in [9.17, 15) is 12.3 Å². The average Bonchev–Trinajstić information content (AvgIpc) is 1.62. The second-order valence-electron chi connectivity index (χ2n) is 1.28. The fourth-order valence-electron chi connectivity index (χ4n) is 0.115. The van der Waals surface area contributed by atoms with Crippen LogP contribution in [0.2, 0.25) is 0 Å². The fraction of sp³-hybridized carbons (Fsp3) is 1.00. The van der Waals surface area contributed by atoms with E-state index in [0.29, 0.717) is 0 Å². The normalized spacial score (nSPS) is 15.9. The third kappa shape index (κ3) is 2.23. The highest BCUT2D eigenvalue weighted by Crippen LogP contribution is 2.01. The van der Waals surface area contributed by atoms with Crippen molar-refractivity contribution in [2.75, 3.05) is 7.11 Å². The molecule has 50 valence electrons. The van der Waals surface area contributed by atoms with Crippen LogP contribution in [0.4, 0.5) is 3.89 Å². The Morgan fingerprint density at radius 3 is 2.00 bits per heavy atom. The zero-order chi connectivity index (χ0) is 6.78. The molecule has 0 N–H and O–H groups in total. The second-order valence-corrected chi connectivity index (χ2v) is 2.89. The highest BCUT2D eigenvalue weighted by atomic mass is 32.3. The molecule has 0 aromatic carbocycles. The van der Waals surface area contributed by atoms with Gasteiger partial charge in [-0.05, 0) is 6.92 Å². The van der Waals surface area contributed by atoms with Crippen molar-refractivity contribution in [2.24, 2.45) is 0 Å². The van der Waals surface area contributed by atoms with Gasteiger partial charge >= 0.3 is 10.2 Å². The van der Waals surface area contributed by atoms with Crippen LogP contribution in [-0.2, 0) is 15.0 Å². The highest BCUT2D eigenvalue weighted by molar-refractivity contribution is 7.86. The third-order valence-corrected chi connectivity index (χ3v) is 1.71. The van der Waals surface area contributed by atoms with Crippen LogP contribution in [0.25, 0.3) is 0 Å². The molecule has 0 saturated carbocycles. The zero-order valence-electron chi connectivity index (χ0n) is 4.59. The van der Waals surface area contributed by atoms with Crippen molar-refractivity contribution in [3.05, 3.63) is 0 Å². The Hall–Kier alpha value is -0.160. The molecule has 0 bridgehead atoms. The first-order chi connectivity index (χ1) is 3.48. The first-order valence-electron chi connectivity index (χ1n) is 1.94. The van der Waals surface area contributed by atoms with Crippen LogP contribution < -0.4 is 0 Å². The van der Waals surface area contributed by atoms with Gasteiger partial charge in [-0.3, -0.25) is 0 Å². The third-order valence-electron chi connectivity index (χ3n) is 0.728. The molecular formula is C3H7FO3S. The lowest BCUT2D eigenvalue weighted by molar-refractivity contribution is 0.173. The van der Waals surface area contributed by atoms with Gasteiger partial charge in [-0.1, -0.05) is 0 Å². The van der Waals surface area contributed by atoms with Gasteiger partial charge in [-0.15, -0.1) is 3.89 Å². The van der Waals surface area contributed by atoms with E-state index < -0.39 is 15.7 Å². The SMILES string of the molecule is COC(C)S(=O)(=O)F. The van der Waals surface area contributed by atoms with Crippen molar-refractivity contribution in [1.82, 2.24) is 0 Å². The molecule has 0 spiro atoms. The number of hydrogen-bond acceptors (Lipinski definition) is 3. The summed E-state index contributed by atoms with van der Waals surface area (Å²) in [5, 5.41) is 0. The molecule has 1 unspecified atom stereocenters. The van der Waals surface area contributed by atoms with Gasteiger partial charge in [0.15, 0.2) is 5.44 Å². The molecule has 0 aliphatic carbocycles. The molecule has 0 radical (unpaired) electrons. The summed E-state index contributed by atoms with van der Waals surface area (Å²) in [6, 6.07) is 0. The van der Waals surface area contributed by atoms with Gasteiger partial charge in [0, 0.05) is 7.11 Å². The second kappa shape index (κ2) is 2.41. The summed E-state index contributed by atoms with van der Waals surface area (Å²) in [5.41, 5.74) is -1.34. The van der Waals surface area contributed by atoms with Gasteiger partial charge in [0.05, 0.1) is 0 Å². The Morgan fingerprint density at radius 1 is 1.62 bits per heavy atom. The minimum atomic E-state index is -4.48. The summed E-state index contributed by atoms with van der Waals surface area (Å²) in [5.74, 6) is 0. The van der Waals surface area contributed by atoms with Crippen LogP contribution in [-0.4, -0.2) is 21.0 Å². The van der Waals surface area contributed by atoms with Crippen molar-refractivity contribution < 1.29 is 17.0 Å². The van der Waals surface area contributed by atoms with Crippen molar-refractivity contribution in [3.8, 4) is 0 Å². The van der Waals surface area contributed by atoms with E-state index in [1.165, 1.54) is 0 Å².